The number of anilines is 1. The van der Waals surface area contributed by atoms with E-state index in [0.29, 0.717) is 39.0 Å². The lowest BCUT2D eigenvalue weighted by Crippen LogP contribution is -2.43. The first-order valence-electron chi connectivity index (χ1n) is 10.7. The molecule has 164 valence electrons. The zero-order valence-electron chi connectivity index (χ0n) is 17.8. The van der Waals surface area contributed by atoms with Gasteiger partial charge in [-0.05, 0) is 37.5 Å². The molecule has 2 aromatic rings. The van der Waals surface area contributed by atoms with Crippen molar-refractivity contribution < 1.29 is 19.1 Å². The molecular weight excluding hydrogens is 394 g/mol. The Balaban J connectivity index is 1.41. The molecule has 2 aromatic carbocycles. The van der Waals surface area contributed by atoms with Crippen LogP contribution in [-0.2, 0) is 20.9 Å². The van der Waals surface area contributed by atoms with Gasteiger partial charge in [0.05, 0.1) is 5.92 Å². The average molecular weight is 424 g/mol. The zero-order chi connectivity index (χ0) is 22.1. The van der Waals surface area contributed by atoms with Gasteiger partial charge in [-0.2, -0.15) is 0 Å². The first-order valence-corrected chi connectivity index (χ1v) is 10.7. The second kappa shape index (κ2) is 11.2. The maximum Gasteiger partial charge on any atom is 0.321 e. The highest BCUT2D eigenvalue weighted by Gasteiger charge is 2.29. The van der Waals surface area contributed by atoms with Crippen molar-refractivity contribution in [3.63, 3.8) is 0 Å². The van der Waals surface area contributed by atoms with Gasteiger partial charge in [-0.15, -0.1) is 0 Å². The zero-order valence-corrected chi connectivity index (χ0v) is 17.8. The third-order valence-corrected chi connectivity index (χ3v) is 5.43. The lowest BCUT2D eigenvalue weighted by molar-refractivity contribution is -0.156. The highest BCUT2D eigenvalue weighted by molar-refractivity contribution is 5.89. The third-order valence-electron chi connectivity index (χ3n) is 5.43. The van der Waals surface area contributed by atoms with Gasteiger partial charge in [-0.3, -0.25) is 9.59 Å². The maximum absolute atomic E-state index is 12.5. The molecule has 1 heterocycles. The molecule has 1 fully saturated rings. The number of hydrogen-bond donors (Lipinski definition) is 1. The van der Waals surface area contributed by atoms with E-state index >= 15 is 0 Å². The fraction of sp³-hybridized carbons (Fsp3) is 0.375. The van der Waals surface area contributed by atoms with Crippen LogP contribution in [0.25, 0.3) is 0 Å². The van der Waals surface area contributed by atoms with E-state index in [1.807, 2.05) is 67.6 Å². The number of likely N-dealkylation sites (N-methyl/N-ethyl adjacent to an activating group) is 1. The molecule has 1 aliphatic rings. The summed E-state index contributed by atoms with van der Waals surface area (Å²) < 4.78 is 5.31. The van der Waals surface area contributed by atoms with Gasteiger partial charge in [-0.25, -0.2) is 4.79 Å². The molecule has 0 saturated carbocycles. The van der Waals surface area contributed by atoms with E-state index in [4.69, 9.17) is 4.74 Å². The molecule has 1 saturated heterocycles. The highest BCUT2D eigenvalue weighted by atomic mass is 16.5. The van der Waals surface area contributed by atoms with Crippen molar-refractivity contribution in [1.29, 1.82) is 0 Å². The molecule has 0 aromatic heterocycles. The van der Waals surface area contributed by atoms with Gasteiger partial charge >= 0.3 is 12.0 Å². The molecule has 0 radical (unpaired) electrons. The Morgan fingerprint density at radius 2 is 1.61 bits per heavy atom. The van der Waals surface area contributed by atoms with E-state index in [1.54, 1.807) is 9.80 Å². The smallest absolute Gasteiger partial charge is 0.321 e. The summed E-state index contributed by atoms with van der Waals surface area (Å²) in [4.78, 5) is 40.6. The first-order chi connectivity index (χ1) is 15.1. The SMILES string of the molecule is CCN(Cc1ccccc1)C(=O)COC(=O)C1CCN(C(=O)Nc2ccccc2)CC1. The van der Waals surface area contributed by atoms with Gasteiger partial charge in [-0.1, -0.05) is 48.5 Å². The van der Waals surface area contributed by atoms with E-state index in [9.17, 15) is 14.4 Å². The van der Waals surface area contributed by atoms with Crippen LogP contribution in [0.2, 0.25) is 0 Å². The molecule has 0 atom stereocenters. The minimum absolute atomic E-state index is 0.173. The van der Waals surface area contributed by atoms with E-state index in [2.05, 4.69) is 5.32 Å². The molecule has 0 unspecified atom stereocenters. The van der Waals surface area contributed by atoms with Crippen LogP contribution in [0.4, 0.5) is 10.5 Å². The second-order valence-corrected chi connectivity index (χ2v) is 7.56. The van der Waals surface area contributed by atoms with Crippen LogP contribution in [0.3, 0.4) is 0 Å². The van der Waals surface area contributed by atoms with Crippen molar-refractivity contribution in [2.75, 3.05) is 31.6 Å². The molecule has 3 amide bonds. The molecule has 1 aliphatic heterocycles. The monoisotopic (exact) mass is 423 g/mol. The number of likely N-dealkylation sites (tertiary alicyclic amines) is 1. The van der Waals surface area contributed by atoms with Gasteiger partial charge < -0.3 is 19.9 Å². The number of amides is 3. The molecule has 7 nitrogen and oxygen atoms in total. The number of piperidine rings is 1. The number of urea groups is 1. The summed E-state index contributed by atoms with van der Waals surface area (Å²) in [7, 11) is 0. The minimum Gasteiger partial charge on any atom is -0.455 e. The van der Waals surface area contributed by atoms with Crippen molar-refractivity contribution in [2.24, 2.45) is 5.92 Å². The van der Waals surface area contributed by atoms with Gasteiger partial charge in [0.1, 0.15) is 0 Å². The van der Waals surface area contributed by atoms with Crippen molar-refractivity contribution in [3.8, 4) is 0 Å². The number of esters is 1. The lowest BCUT2D eigenvalue weighted by atomic mass is 9.97. The molecule has 7 heteroatoms. The molecule has 3 rings (SSSR count). The Bertz CT molecular complexity index is 865. The molecule has 31 heavy (non-hydrogen) atoms. The fourth-order valence-electron chi connectivity index (χ4n) is 3.56. The van der Waals surface area contributed by atoms with Crippen LogP contribution >= 0.6 is 0 Å². The van der Waals surface area contributed by atoms with Gasteiger partial charge in [0.15, 0.2) is 6.61 Å². The van der Waals surface area contributed by atoms with Gasteiger partial charge in [0, 0.05) is 31.9 Å². The summed E-state index contributed by atoms with van der Waals surface area (Å²) in [5.74, 6) is -0.871. The summed E-state index contributed by atoms with van der Waals surface area (Å²) in [6.45, 7) is 3.62. The Hall–Kier alpha value is -3.35. The quantitative estimate of drug-likeness (QED) is 0.691. The van der Waals surface area contributed by atoms with Crippen LogP contribution in [0.15, 0.2) is 60.7 Å². The number of carbonyl (C=O) groups excluding carboxylic acids is 3. The van der Waals surface area contributed by atoms with E-state index in [-0.39, 0.29) is 30.4 Å². The number of rotatable bonds is 7. The lowest BCUT2D eigenvalue weighted by Gasteiger charge is -2.31. The standard InChI is InChI=1S/C24H29N3O4/c1-2-26(17-19-9-5-3-6-10-19)22(28)18-31-23(29)20-13-15-27(16-14-20)24(30)25-21-11-7-4-8-12-21/h3-12,20H,2,13-18H2,1H3,(H,25,30). The predicted molar refractivity (Wildman–Crippen MR) is 118 cm³/mol. The Morgan fingerprint density at radius 3 is 2.23 bits per heavy atom. The summed E-state index contributed by atoms with van der Waals surface area (Å²) in [6.07, 6.45) is 1.05. The summed E-state index contributed by atoms with van der Waals surface area (Å²) in [5.41, 5.74) is 1.77. The highest BCUT2D eigenvalue weighted by Crippen LogP contribution is 2.20. The number of para-hydroxylation sites is 1. The van der Waals surface area contributed by atoms with Crippen LogP contribution in [0.1, 0.15) is 25.3 Å². The fourth-order valence-corrected chi connectivity index (χ4v) is 3.56. The summed E-state index contributed by atoms with van der Waals surface area (Å²) in [5, 5.41) is 2.86. The van der Waals surface area contributed by atoms with Crippen molar-refractivity contribution in [1.82, 2.24) is 9.80 Å². The Labute approximate surface area is 183 Å². The van der Waals surface area contributed by atoms with Crippen molar-refractivity contribution in [3.05, 3.63) is 66.2 Å². The van der Waals surface area contributed by atoms with Crippen LogP contribution in [-0.4, -0.2) is 53.9 Å². The largest absolute Gasteiger partial charge is 0.455 e. The van der Waals surface area contributed by atoms with Crippen molar-refractivity contribution >= 4 is 23.6 Å². The van der Waals surface area contributed by atoms with E-state index in [1.165, 1.54) is 0 Å². The first kappa shape index (κ1) is 22.3. The van der Waals surface area contributed by atoms with Gasteiger partial charge in [0.2, 0.25) is 0 Å². The average Bonchev–Trinajstić information content (AvgIpc) is 2.82. The topological polar surface area (TPSA) is 79.0 Å². The number of nitrogens with zero attached hydrogens (tertiary/aromatic N) is 2. The van der Waals surface area contributed by atoms with E-state index in [0.717, 1.165) is 11.3 Å². The van der Waals surface area contributed by atoms with Crippen molar-refractivity contribution in [2.45, 2.75) is 26.3 Å². The van der Waals surface area contributed by atoms with Crippen LogP contribution in [0, 0.1) is 5.92 Å². The molecule has 1 N–H and O–H groups in total. The Morgan fingerprint density at radius 1 is 1.00 bits per heavy atom. The van der Waals surface area contributed by atoms with Gasteiger partial charge in [0.25, 0.3) is 5.91 Å². The van der Waals surface area contributed by atoms with E-state index < -0.39 is 0 Å². The predicted octanol–water partition coefficient (Wildman–Crippen LogP) is 3.52. The Kier molecular flexibility index (Phi) is 8.04. The summed E-state index contributed by atoms with van der Waals surface area (Å²) in [6, 6.07) is 18.8. The normalized spacial score (nSPS) is 14.0. The molecule has 0 bridgehead atoms. The third kappa shape index (κ3) is 6.57. The summed E-state index contributed by atoms with van der Waals surface area (Å²) >= 11 is 0. The number of nitrogens with one attached hydrogen (secondary N) is 1. The van der Waals surface area contributed by atoms with Crippen LogP contribution in [0.5, 0.6) is 0 Å². The molecular formula is C24H29N3O4. The number of ether oxygens (including phenoxy) is 1. The number of hydrogen-bond acceptors (Lipinski definition) is 4. The van der Waals surface area contributed by atoms with Crippen LogP contribution < -0.4 is 5.32 Å². The number of carbonyl (C=O) groups is 3. The minimum atomic E-state index is -0.368. The molecule has 0 spiro atoms. The maximum atomic E-state index is 12.5. The second-order valence-electron chi connectivity index (χ2n) is 7.56. The molecule has 0 aliphatic carbocycles. The number of benzene rings is 2.